The summed E-state index contributed by atoms with van der Waals surface area (Å²) < 4.78 is 23.3. The molecule has 0 fully saturated rings. The first-order chi connectivity index (χ1) is 16.3. The van der Waals surface area contributed by atoms with Crippen molar-refractivity contribution >= 4 is 43.4 Å². The lowest BCUT2D eigenvalue weighted by Gasteiger charge is -2.29. The number of nitro benzene ring substituents is 1. The Hall–Kier alpha value is -2.41. The first-order valence-electron chi connectivity index (χ1n) is 11.1. The van der Waals surface area contributed by atoms with Crippen molar-refractivity contribution in [3.63, 3.8) is 0 Å². The predicted molar refractivity (Wildman–Crippen MR) is 133 cm³/mol. The van der Waals surface area contributed by atoms with Crippen LogP contribution in [0.1, 0.15) is 34.1 Å². The minimum Gasteiger partial charge on any atom is -0.385 e. The fourth-order valence-corrected chi connectivity index (χ4v) is 5.27. The van der Waals surface area contributed by atoms with E-state index in [4.69, 9.17) is 29.3 Å². The van der Waals surface area contributed by atoms with Gasteiger partial charge < -0.3 is 23.0 Å². The lowest BCUT2D eigenvalue weighted by atomic mass is 10.2. The average Bonchev–Trinajstić information content (AvgIpc) is 2.79. The second-order valence-corrected chi connectivity index (χ2v) is 9.59. The molecule has 1 atom stereocenters. The Balaban J connectivity index is 1.88. The monoisotopic (exact) mass is 510 g/mol. The molecule has 0 saturated carbocycles. The Morgan fingerprint density at radius 1 is 1.03 bits per heavy atom. The minimum atomic E-state index is -3.14. The van der Waals surface area contributed by atoms with Gasteiger partial charge in [-0.2, -0.15) is 5.11 Å². The topological polar surface area (TPSA) is 117 Å². The van der Waals surface area contributed by atoms with Crippen molar-refractivity contribution in [1.29, 1.82) is 0 Å². The Bertz CT molecular complexity index is 930. The Labute approximate surface area is 205 Å². The molecule has 0 radical (unpaired) electrons. The molecular weight excluding hydrogens is 480 g/mol. The highest BCUT2D eigenvalue weighted by atomic mass is 35.5. The van der Waals surface area contributed by atoms with Crippen LogP contribution in [-0.2, 0) is 17.7 Å². The smallest absolute Gasteiger partial charge is 0.385 e. The fourth-order valence-electron chi connectivity index (χ4n) is 2.93. The molecule has 10 nitrogen and oxygen atoms in total. The Kier molecular flexibility index (Phi) is 11.5. The van der Waals surface area contributed by atoms with E-state index >= 15 is 0 Å². The summed E-state index contributed by atoms with van der Waals surface area (Å²) in [4.78, 5) is 10.3. The van der Waals surface area contributed by atoms with Crippen molar-refractivity contribution in [2.45, 2.75) is 40.2 Å². The maximum absolute atomic E-state index is 10.8. The molecule has 1 unspecified atom stereocenters. The Morgan fingerprint density at radius 2 is 1.65 bits per heavy atom. The highest BCUT2D eigenvalue weighted by molar-refractivity contribution is 6.53. The molecule has 2 rings (SSSR count). The molecular formula is C22H31ClN4O6Si. The van der Waals surface area contributed by atoms with E-state index in [1.165, 1.54) is 18.2 Å². The van der Waals surface area contributed by atoms with Gasteiger partial charge in [0.05, 0.1) is 21.7 Å². The third-order valence-electron chi connectivity index (χ3n) is 4.47. The Morgan fingerprint density at radius 3 is 2.18 bits per heavy atom. The van der Waals surface area contributed by atoms with E-state index in [9.17, 15) is 10.1 Å². The number of anilines is 1. The quantitative estimate of drug-likeness (QED) is 0.127. The highest BCUT2D eigenvalue weighted by Crippen LogP contribution is 2.30. The molecule has 0 aliphatic rings. The zero-order chi connectivity index (χ0) is 25.0. The summed E-state index contributed by atoms with van der Waals surface area (Å²) in [5.41, 5.74) is 1.80. The summed E-state index contributed by atoms with van der Waals surface area (Å²) in [5.74, 6) is 0. The molecule has 2 aromatic carbocycles. The van der Waals surface area contributed by atoms with Gasteiger partial charge in [-0.3, -0.25) is 10.1 Å². The zero-order valence-corrected chi connectivity index (χ0v) is 21.6. The van der Waals surface area contributed by atoms with Gasteiger partial charge in [0, 0.05) is 44.2 Å². The fraction of sp³-hybridized carbons (Fsp3) is 0.455. The van der Waals surface area contributed by atoms with E-state index in [1.807, 2.05) is 52.0 Å². The number of nitrogens with one attached hydrogen (secondary N) is 1. The van der Waals surface area contributed by atoms with E-state index < -0.39 is 14.0 Å². The van der Waals surface area contributed by atoms with Gasteiger partial charge >= 0.3 is 9.05 Å². The number of azo groups is 1. The molecule has 0 aliphatic heterocycles. The number of hydrogen-bond acceptors (Lipinski definition) is 9. The standard InChI is InChI=1S/C22H31ClN4O6Si/c1-5-30-34(31-6-2,32-7-3)33-17(4)14-15-24-18-8-10-19(11-9-18)25-26-22-13-12-20(27(28)29)16-21(22)23/h8-13,16-17,24H,5-7,14-15H2,1-4H3. The molecule has 0 spiro atoms. The van der Waals surface area contributed by atoms with Crippen molar-refractivity contribution in [1.82, 2.24) is 0 Å². The van der Waals surface area contributed by atoms with Crippen LogP contribution in [0.4, 0.5) is 22.7 Å². The molecule has 1 N–H and O–H groups in total. The SMILES string of the molecule is CCO[Si](OCC)(OCC)OC(C)CCNc1ccc(N=Nc2ccc([N+](=O)[O-])cc2Cl)cc1. The van der Waals surface area contributed by atoms with Crippen molar-refractivity contribution in [2.24, 2.45) is 10.2 Å². The van der Waals surface area contributed by atoms with Gasteiger partial charge in [0.2, 0.25) is 0 Å². The molecule has 2 aromatic rings. The zero-order valence-electron chi connectivity index (χ0n) is 19.8. The van der Waals surface area contributed by atoms with Crippen LogP contribution in [0, 0.1) is 10.1 Å². The number of non-ortho nitro benzene ring substituents is 1. The minimum absolute atomic E-state index is 0.0965. The molecule has 0 heterocycles. The summed E-state index contributed by atoms with van der Waals surface area (Å²) in [6.45, 7) is 9.67. The third kappa shape index (κ3) is 8.74. The number of halogens is 1. The van der Waals surface area contributed by atoms with E-state index in [0.29, 0.717) is 37.7 Å². The predicted octanol–water partition coefficient (Wildman–Crippen LogP) is 6.42. The van der Waals surface area contributed by atoms with Gasteiger partial charge in [0.25, 0.3) is 5.69 Å². The van der Waals surface area contributed by atoms with Crippen LogP contribution >= 0.6 is 11.6 Å². The van der Waals surface area contributed by atoms with Crippen LogP contribution in [0.15, 0.2) is 52.7 Å². The molecule has 0 bridgehead atoms. The van der Waals surface area contributed by atoms with Crippen molar-refractivity contribution in [2.75, 3.05) is 31.7 Å². The van der Waals surface area contributed by atoms with Gasteiger partial charge in [0.1, 0.15) is 5.69 Å². The normalized spacial score (nSPS) is 12.7. The van der Waals surface area contributed by atoms with Crippen LogP contribution in [0.5, 0.6) is 0 Å². The summed E-state index contributed by atoms with van der Waals surface area (Å²) in [6, 6.07) is 11.4. The largest absolute Gasteiger partial charge is 0.679 e. The second kappa shape index (κ2) is 14.1. The summed E-state index contributed by atoms with van der Waals surface area (Å²) in [6.07, 6.45) is 0.602. The summed E-state index contributed by atoms with van der Waals surface area (Å²) >= 11 is 6.04. The van der Waals surface area contributed by atoms with Crippen molar-refractivity contribution in [3.05, 3.63) is 57.6 Å². The number of benzene rings is 2. The van der Waals surface area contributed by atoms with Crippen LogP contribution in [0.3, 0.4) is 0 Å². The maximum atomic E-state index is 10.8. The lowest BCUT2D eigenvalue weighted by Crippen LogP contribution is -2.51. The summed E-state index contributed by atoms with van der Waals surface area (Å²) in [5, 5.41) is 22.5. The van der Waals surface area contributed by atoms with E-state index in [2.05, 4.69) is 15.5 Å². The lowest BCUT2D eigenvalue weighted by molar-refractivity contribution is -0.384. The van der Waals surface area contributed by atoms with Crippen LogP contribution in [0.25, 0.3) is 0 Å². The van der Waals surface area contributed by atoms with Crippen LogP contribution in [0.2, 0.25) is 5.02 Å². The molecule has 12 heteroatoms. The van der Waals surface area contributed by atoms with Crippen molar-refractivity contribution in [3.8, 4) is 0 Å². The number of nitrogens with zero attached hydrogens (tertiary/aromatic N) is 3. The van der Waals surface area contributed by atoms with Crippen LogP contribution < -0.4 is 5.32 Å². The molecule has 0 saturated heterocycles. The second-order valence-electron chi connectivity index (χ2n) is 7.08. The van der Waals surface area contributed by atoms with Crippen LogP contribution in [-0.4, -0.2) is 46.4 Å². The van der Waals surface area contributed by atoms with Gasteiger partial charge in [-0.1, -0.05) is 11.6 Å². The molecule has 34 heavy (non-hydrogen) atoms. The average molecular weight is 511 g/mol. The first-order valence-corrected chi connectivity index (χ1v) is 13.1. The molecule has 186 valence electrons. The number of hydrogen-bond donors (Lipinski definition) is 1. The number of nitro groups is 1. The van der Waals surface area contributed by atoms with E-state index in [0.717, 1.165) is 12.1 Å². The van der Waals surface area contributed by atoms with E-state index in [-0.39, 0.29) is 16.8 Å². The van der Waals surface area contributed by atoms with Gasteiger partial charge in [0.15, 0.2) is 0 Å². The summed E-state index contributed by atoms with van der Waals surface area (Å²) in [7, 11) is -3.14. The van der Waals surface area contributed by atoms with Gasteiger partial charge in [-0.15, -0.1) is 5.11 Å². The third-order valence-corrected chi connectivity index (χ3v) is 7.39. The van der Waals surface area contributed by atoms with Crippen molar-refractivity contribution < 1.29 is 22.6 Å². The van der Waals surface area contributed by atoms with E-state index in [1.54, 1.807) is 0 Å². The maximum Gasteiger partial charge on any atom is 0.679 e. The van der Waals surface area contributed by atoms with Gasteiger partial charge in [-0.25, -0.2) is 0 Å². The first kappa shape index (κ1) is 27.8. The molecule has 0 aliphatic carbocycles. The highest BCUT2D eigenvalue weighted by Gasteiger charge is 2.46. The molecule has 0 aromatic heterocycles. The number of rotatable bonds is 15. The molecule has 0 amide bonds. The van der Waals surface area contributed by atoms with Gasteiger partial charge in [-0.05, 0) is 64.4 Å².